The zero-order valence-corrected chi connectivity index (χ0v) is 14.0. The molecule has 3 N–H and O–H groups in total. The molecule has 5 heteroatoms. The quantitative estimate of drug-likeness (QED) is 0.467. The lowest BCUT2D eigenvalue weighted by atomic mass is 10.2. The standard InChI is InChI=1S/C15H15IN2OS/c1-10-7-12(17)5-6-14(10)20-9-15(19)18-13-4-2-3-11(16)8-13/h2-8H,9,17H2,1H3,(H,18,19). The number of nitrogens with two attached hydrogens (primary N) is 1. The van der Waals surface area contributed by atoms with Gasteiger partial charge in [-0.15, -0.1) is 11.8 Å². The van der Waals surface area contributed by atoms with Gasteiger partial charge in [0.1, 0.15) is 0 Å². The minimum absolute atomic E-state index is 0.00627. The maximum absolute atomic E-state index is 11.9. The van der Waals surface area contributed by atoms with Crippen LogP contribution in [0.5, 0.6) is 0 Å². The summed E-state index contributed by atoms with van der Waals surface area (Å²) in [6.45, 7) is 2.00. The van der Waals surface area contributed by atoms with Crippen molar-refractivity contribution in [1.82, 2.24) is 0 Å². The number of rotatable bonds is 4. The monoisotopic (exact) mass is 398 g/mol. The molecular formula is C15H15IN2OS. The molecule has 0 spiro atoms. The molecule has 0 aliphatic rings. The highest BCUT2D eigenvalue weighted by molar-refractivity contribution is 14.1. The van der Waals surface area contributed by atoms with Gasteiger partial charge in [0.05, 0.1) is 5.75 Å². The maximum atomic E-state index is 11.9. The molecule has 0 aromatic heterocycles. The third kappa shape index (κ3) is 4.42. The number of amides is 1. The number of nitrogen functional groups attached to an aromatic ring is 1. The normalized spacial score (nSPS) is 10.3. The molecule has 0 radical (unpaired) electrons. The van der Waals surface area contributed by atoms with Gasteiger partial charge in [0.2, 0.25) is 5.91 Å². The first-order valence-corrected chi connectivity index (χ1v) is 8.15. The van der Waals surface area contributed by atoms with Gasteiger partial charge in [-0.3, -0.25) is 4.79 Å². The largest absolute Gasteiger partial charge is 0.399 e. The fraction of sp³-hybridized carbons (Fsp3) is 0.133. The third-order valence-corrected chi connectivity index (χ3v) is 4.51. The molecule has 0 fully saturated rings. The molecule has 2 aromatic carbocycles. The summed E-state index contributed by atoms with van der Waals surface area (Å²) < 4.78 is 1.10. The van der Waals surface area contributed by atoms with E-state index >= 15 is 0 Å². The van der Waals surface area contributed by atoms with Crippen LogP contribution in [0.1, 0.15) is 5.56 Å². The molecule has 0 saturated carbocycles. The predicted molar refractivity (Wildman–Crippen MR) is 94.1 cm³/mol. The summed E-state index contributed by atoms with van der Waals surface area (Å²) >= 11 is 3.74. The van der Waals surface area contributed by atoms with Crippen LogP contribution in [0.15, 0.2) is 47.4 Å². The molecule has 0 aliphatic heterocycles. The van der Waals surface area contributed by atoms with Gasteiger partial charge < -0.3 is 11.1 Å². The van der Waals surface area contributed by atoms with Gasteiger partial charge in [-0.2, -0.15) is 0 Å². The number of nitrogens with one attached hydrogen (secondary N) is 1. The lowest BCUT2D eigenvalue weighted by Crippen LogP contribution is -2.14. The van der Waals surface area contributed by atoms with Crippen molar-refractivity contribution in [2.24, 2.45) is 0 Å². The average molecular weight is 398 g/mol. The number of carbonyl (C=O) groups excluding carboxylic acids is 1. The molecule has 3 nitrogen and oxygen atoms in total. The highest BCUT2D eigenvalue weighted by Gasteiger charge is 2.06. The zero-order chi connectivity index (χ0) is 14.5. The van der Waals surface area contributed by atoms with Crippen LogP contribution in [0.3, 0.4) is 0 Å². The number of hydrogen-bond acceptors (Lipinski definition) is 3. The van der Waals surface area contributed by atoms with Gasteiger partial charge in [-0.1, -0.05) is 6.07 Å². The zero-order valence-electron chi connectivity index (χ0n) is 11.0. The molecule has 0 bridgehead atoms. The second-order valence-electron chi connectivity index (χ2n) is 4.37. The van der Waals surface area contributed by atoms with Crippen LogP contribution in [-0.4, -0.2) is 11.7 Å². The summed E-state index contributed by atoms with van der Waals surface area (Å²) in [7, 11) is 0. The van der Waals surface area contributed by atoms with Crippen molar-refractivity contribution in [2.45, 2.75) is 11.8 Å². The van der Waals surface area contributed by atoms with E-state index in [1.54, 1.807) is 0 Å². The van der Waals surface area contributed by atoms with E-state index in [9.17, 15) is 4.79 Å². The Morgan fingerprint density at radius 1 is 1.30 bits per heavy atom. The fourth-order valence-corrected chi connectivity index (χ4v) is 3.09. The Kier molecular flexibility index (Phi) is 5.31. The summed E-state index contributed by atoms with van der Waals surface area (Å²) in [5.41, 5.74) is 8.38. The van der Waals surface area contributed by atoms with E-state index in [-0.39, 0.29) is 5.91 Å². The Hall–Kier alpha value is -1.21. The highest BCUT2D eigenvalue weighted by atomic mass is 127. The van der Waals surface area contributed by atoms with Crippen LogP contribution >= 0.6 is 34.4 Å². The number of aryl methyl sites for hydroxylation is 1. The van der Waals surface area contributed by atoms with Gasteiger partial charge >= 0.3 is 0 Å². The first-order valence-electron chi connectivity index (χ1n) is 6.09. The SMILES string of the molecule is Cc1cc(N)ccc1SCC(=O)Nc1cccc(I)c1. The van der Waals surface area contributed by atoms with Gasteiger partial charge in [0, 0.05) is 19.8 Å². The van der Waals surface area contributed by atoms with Crippen molar-refractivity contribution in [3.05, 3.63) is 51.6 Å². The molecule has 1 amide bonds. The summed E-state index contributed by atoms with van der Waals surface area (Å²) in [5.74, 6) is 0.379. The van der Waals surface area contributed by atoms with E-state index in [0.29, 0.717) is 5.75 Å². The Morgan fingerprint density at radius 3 is 2.80 bits per heavy atom. The van der Waals surface area contributed by atoms with Crippen molar-refractivity contribution in [3.8, 4) is 0 Å². The fourth-order valence-electron chi connectivity index (χ4n) is 1.74. The van der Waals surface area contributed by atoms with Gasteiger partial charge in [0.15, 0.2) is 0 Å². The number of carbonyl (C=O) groups is 1. The number of benzene rings is 2. The predicted octanol–water partition coefficient (Wildman–Crippen LogP) is 3.91. The maximum Gasteiger partial charge on any atom is 0.234 e. The molecule has 2 aromatic rings. The first-order chi connectivity index (χ1) is 9.54. The lowest BCUT2D eigenvalue weighted by molar-refractivity contribution is -0.113. The topological polar surface area (TPSA) is 55.1 Å². The molecule has 104 valence electrons. The number of hydrogen-bond donors (Lipinski definition) is 2. The van der Waals surface area contributed by atoms with E-state index in [4.69, 9.17) is 5.73 Å². The van der Waals surface area contributed by atoms with E-state index in [1.807, 2.05) is 49.4 Å². The summed E-state index contributed by atoms with van der Waals surface area (Å²) in [4.78, 5) is 13.0. The Morgan fingerprint density at radius 2 is 2.10 bits per heavy atom. The number of anilines is 2. The van der Waals surface area contributed by atoms with Crippen molar-refractivity contribution in [1.29, 1.82) is 0 Å². The van der Waals surface area contributed by atoms with Crippen LogP contribution in [0.2, 0.25) is 0 Å². The smallest absolute Gasteiger partial charge is 0.234 e. The van der Waals surface area contributed by atoms with Crippen LogP contribution in [0.25, 0.3) is 0 Å². The lowest BCUT2D eigenvalue weighted by Gasteiger charge is -2.08. The molecule has 20 heavy (non-hydrogen) atoms. The average Bonchev–Trinajstić information content (AvgIpc) is 2.37. The van der Waals surface area contributed by atoms with Crippen molar-refractivity contribution >= 4 is 51.6 Å². The molecule has 0 atom stereocenters. The van der Waals surface area contributed by atoms with Gasteiger partial charge in [-0.05, 0) is 71.5 Å². The van der Waals surface area contributed by atoms with Crippen molar-refractivity contribution < 1.29 is 4.79 Å². The summed E-state index contributed by atoms with van der Waals surface area (Å²) in [6, 6.07) is 13.5. The number of halogens is 1. The summed E-state index contributed by atoms with van der Waals surface area (Å²) in [5, 5.41) is 2.89. The third-order valence-electron chi connectivity index (χ3n) is 2.67. The second kappa shape index (κ2) is 6.99. The minimum atomic E-state index is -0.00627. The van der Waals surface area contributed by atoms with Crippen LogP contribution < -0.4 is 11.1 Å². The van der Waals surface area contributed by atoms with Crippen LogP contribution in [-0.2, 0) is 4.79 Å². The molecule has 0 heterocycles. The minimum Gasteiger partial charge on any atom is -0.399 e. The molecular weight excluding hydrogens is 383 g/mol. The van der Waals surface area contributed by atoms with Crippen molar-refractivity contribution in [2.75, 3.05) is 16.8 Å². The van der Waals surface area contributed by atoms with E-state index in [0.717, 1.165) is 25.4 Å². The Balaban J connectivity index is 1.92. The van der Waals surface area contributed by atoms with Gasteiger partial charge in [0.25, 0.3) is 0 Å². The first kappa shape index (κ1) is 15.2. The Labute approximate surface area is 136 Å². The number of thioether (sulfide) groups is 1. The second-order valence-corrected chi connectivity index (χ2v) is 6.63. The molecule has 2 rings (SSSR count). The summed E-state index contributed by atoms with van der Waals surface area (Å²) in [6.07, 6.45) is 0. The van der Waals surface area contributed by atoms with Crippen molar-refractivity contribution in [3.63, 3.8) is 0 Å². The van der Waals surface area contributed by atoms with E-state index in [2.05, 4.69) is 27.9 Å². The molecule has 0 unspecified atom stereocenters. The van der Waals surface area contributed by atoms with Gasteiger partial charge in [-0.25, -0.2) is 0 Å². The van der Waals surface area contributed by atoms with Crippen LogP contribution in [0.4, 0.5) is 11.4 Å². The van der Waals surface area contributed by atoms with Crippen LogP contribution in [0, 0.1) is 10.5 Å². The Bertz CT molecular complexity index is 631. The molecule has 0 aliphatic carbocycles. The highest BCUT2D eigenvalue weighted by Crippen LogP contribution is 2.24. The molecule has 0 saturated heterocycles. The van der Waals surface area contributed by atoms with E-state index in [1.165, 1.54) is 11.8 Å². The van der Waals surface area contributed by atoms with E-state index < -0.39 is 0 Å².